The molecule has 6 nitrogen and oxygen atoms in total. The number of hydrogen-bond donors (Lipinski definition) is 2. The highest BCUT2D eigenvalue weighted by Gasteiger charge is 2.27. The van der Waals surface area contributed by atoms with Crippen molar-refractivity contribution in [1.29, 1.82) is 0 Å². The van der Waals surface area contributed by atoms with E-state index in [9.17, 15) is 10.2 Å². The molecule has 0 aliphatic carbocycles. The second-order valence-electron chi connectivity index (χ2n) is 6.28. The lowest BCUT2D eigenvalue weighted by atomic mass is 10.3. The third kappa shape index (κ3) is 11.0. The molecule has 2 unspecified atom stereocenters. The lowest BCUT2D eigenvalue weighted by molar-refractivity contribution is -0.280. The largest absolute Gasteiger partial charge is 0.348 e. The Morgan fingerprint density at radius 2 is 1.04 bits per heavy atom. The SMILES string of the molecule is CCC(CC[SiH2]C(O)(OC)OC)SSC(CC)CC[SiH2]C(O)(OC)OC. The zero-order valence-electron chi connectivity index (χ0n) is 17.2. The summed E-state index contributed by atoms with van der Waals surface area (Å²) in [5.41, 5.74) is -2.65. The van der Waals surface area contributed by atoms with E-state index in [0.717, 1.165) is 37.8 Å². The first-order chi connectivity index (χ1) is 12.3. The van der Waals surface area contributed by atoms with Gasteiger partial charge in [-0.1, -0.05) is 47.5 Å². The highest BCUT2D eigenvalue weighted by Crippen LogP contribution is 2.38. The summed E-state index contributed by atoms with van der Waals surface area (Å²) in [6.07, 6.45) is 4.38. The molecule has 0 saturated carbocycles. The summed E-state index contributed by atoms with van der Waals surface area (Å²) in [7, 11) is 8.14. The van der Waals surface area contributed by atoms with Crippen LogP contribution in [0.5, 0.6) is 0 Å². The van der Waals surface area contributed by atoms with Gasteiger partial charge in [0.15, 0.2) is 0 Å². The van der Waals surface area contributed by atoms with E-state index in [4.69, 9.17) is 18.9 Å². The summed E-state index contributed by atoms with van der Waals surface area (Å²) < 4.78 is 20.2. The number of rotatable bonds is 17. The van der Waals surface area contributed by atoms with Crippen molar-refractivity contribution in [3.63, 3.8) is 0 Å². The first kappa shape index (κ1) is 26.9. The molecule has 0 rings (SSSR count). The Morgan fingerprint density at radius 1 is 0.731 bits per heavy atom. The molecule has 0 bridgehead atoms. The summed E-state index contributed by atoms with van der Waals surface area (Å²) >= 11 is 0. The Hall–Kier alpha value is 0.894. The molecule has 0 aromatic heterocycles. The zero-order chi connectivity index (χ0) is 20.1. The smallest absolute Gasteiger partial charge is 0.246 e. The Balaban J connectivity index is 4.18. The Labute approximate surface area is 171 Å². The van der Waals surface area contributed by atoms with E-state index >= 15 is 0 Å². The van der Waals surface area contributed by atoms with E-state index < -0.39 is 30.2 Å². The zero-order valence-corrected chi connectivity index (χ0v) is 21.6. The summed E-state index contributed by atoms with van der Waals surface area (Å²) in [5.74, 6) is 0. The number of aliphatic hydroxyl groups is 2. The number of methoxy groups -OCH3 is 4. The Kier molecular flexibility index (Phi) is 15.3. The average molecular weight is 447 g/mol. The molecule has 10 heteroatoms. The maximum Gasteiger partial charge on any atom is 0.246 e. The lowest BCUT2D eigenvalue weighted by Gasteiger charge is -2.26. The molecule has 0 spiro atoms. The van der Waals surface area contributed by atoms with Gasteiger partial charge in [-0.3, -0.25) is 0 Å². The third-order valence-electron chi connectivity index (χ3n) is 4.55. The normalized spacial score (nSPS) is 16.2. The van der Waals surface area contributed by atoms with Gasteiger partial charge < -0.3 is 29.2 Å². The van der Waals surface area contributed by atoms with Gasteiger partial charge >= 0.3 is 0 Å². The molecule has 0 saturated heterocycles. The molecule has 0 heterocycles. The van der Waals surface area contributed by atoms with Crippen LogP contribution in [0.1, 0.15) is 39.5 Å². The molecule has 0 aliphatic rings. The molecule has 158 valence electrons. The Bertz CT molecular complexity index is 315. The minimum atomic E-state index is -1.33. The molecular weight excluding hydrogens is 408 g/mol. The van der Waals surface area contributed by atoms with Gasteiger partial charge in [-0.15, -0.1) is 0 Å². The second-order valence-corrected chi connectivity index (χ2v) is 13.4. The van der Waals surface area contributed by atoms with Gasteiger partial charge in [0.2, 0.25) is 11.2 Å². The van der Waals surface area contributed by atoms with Crippen molar-refractivity contribution in [3.05, 3.63) is 0 Å². The van der Waals surface area contributed by atoms with E-state index in [1.54, 1.807) is 0 Å². The summed E-state index contributed by atoms with van der Waals surface area (Å²) in [6, 6.07) is 1.98. The summed E-state index contributed by atoms with van der Waals surface area (Å²) in [6.45, 7) is 4.42. The fourth-order valence-corrected chi connectivity index (χ4v) is 9.62. The molecule has 0 aromatic rings. The molecule has 0 amide bonds. The predicted molar refractivity (Wildman–Crippen MR) is 117 cm³/mol. The maximum absolute atomic E-state index is 10.0. The maximum atomic E-state index is 10.0. The minimum absolute atomic E-state index is 0.576. The van der Waals surface area contributed by atoms with Crippen LogP contribution >= 0.6 is 21.6 Å². The molecule has 0 aliphatic heterocycles. The van der Waals surface area contributed by atoms with Crippen LogP contribution in [0.15, 0.2) is 0 Å². The first-order valence-electron chi connectivity index (χ1n) is 9.29. The lowest BCUT2D eigenvalue weighted by Crippen LogP contribution is -2.40. The van der Waals surface area contributed by atoms with Crippen LogP contribution in [0.2, 0.25) is 12.1 Å². The van der Waals surface area contributed by atoms with Crippen molar-refractivity contribution in [2.24, 2.45) is 0 Å². The van der Waals surface area contributed by atoms with Crippen molar-refractivity contribution in [1.82, 2.24) is 0 Å². The topological polar surface area (TPSA) is 77.4 Å². The summed E-state index contributed by atoms with van der Waals surface area (Å²) in [5, 5.41) is 21.2. The van der Waals surface area contributed by atoms with E-state index in [0.29, 0.717) is 10.5 Å². The number of ether oxygens (including phenoxy) is 4. The van der Waals surface area contributed by atoms with Crippen LogP contribution in [-0.2, 0) is 18.9 Å². The monoisotopic (exact) mass is 446 g/mol. The van der Waals surface area contributed by atoms with Crippen LogP contribution < -0.4 is 0 Å². The van der Waals surface area contributed by atoms with Crippen LogP contribution in [0.3, 0.4) is 0 Å². The highest BCUT2D eigenvalue weighted by molar-refractivity contribution is 8.77. The van der Waals surface area contributed by atoms with Crippen molar-refractivity contribution in [3.8, 4) is 0 Å². The van der Waals surface area contributed by atoms with Gasteiger partial charge in [-0.2, -0.15) is 0 Å². The highest BCUT2D eigenvalue weighted by atomic mass is 33.1. The fourth-order valence-electron chi connectivity index (χ4n) is 2.48. The minimum Gasteiger partial charge on any atom is -0.348 e. The molecular formula is C16H38O6S2Si2. The number of hydrogen-bond acceptors (Lipinski definition) is 8. The van der Waals surface area contributed by atoms with E-state index in [2.05, 4.69) is 13.8 Å². The molecule has 2 atom stereocenters. The Morgan fingerprint density at radius 3 is 1.27 bits per heavy atom. The van der Waals surface area contributed by atoms with Gasteiger partial charge in [-0.25, -0.2) is 0 Å². The van der Waals surface area contributed by atoms with E-state index in [1.807, 2.05) is 21.6 Å². The van der Waals surface area contributed by atoms with Gasteiger partial charge in [-0.05, 0) is 25.7 Å². The van der Waals surface area contributed by atoms with Crippen molar-refractivity contribution in [2.45, 2.75) is 73.3 Å². The summed E-state index contributed by atoms with van der Waals surface area (Å²) in [4.78, 5) is 0. The van der Waals surface area contributed by atoms with Crippen molar-refractivity contribution >= 4 is 40.6 Å². The van der Waals surface area contributed by atoms with Gasteiger partial charge in [0, 0.05) is 38.9 Å². The molecule has 0 radical (unpaired) electrons. The third-order valence-corrected chi connectivity index (χ3v) is 12.3. The second kappa shape index (κ2) is 14.8. The van der Waals surface area contributed by atoms with Crippen LogP contribution in [0.4, 0.5) is 0 Å². The molecule has 26 heavy (non-hydrogen) atoms. The van der Waals surface area contributed by atoms with E-state index in [-0.39, 0.29) is 0 Å². The van der Waals surface area contributed by atoms with Crippen molar-refractivity contribution < 1.29 is 29.2 Å². The molecule has 2 N–H and O–H groups in total. The van der Waals surface area contributed by atoms with Crippen LogP contribution in [-0.4, -0.2) is 79.4 Å². The van der Waals surface area contributed by atoms with Crippen molar-refractivity contribution in [2.75, 3.05) is 28.4 Å². The van der Waals surface area contributed by atoms with Crippen LogP contribution in [0, 0.1) is 0 Å². The van der Waals surface area contributed by atoms with Gasteiger partial charge in [0.1, 0.15) is 19.0 Å². The van der Waals surface area contributed by atoms with E-state index in [1.165, 1.54) is 28.4 Å². The fraction of sp³-hybridized carbons (Fsp3) is 1.00. The standard InChI is InChI=1S/C16H38O6S2Si2/c1-7-13(9-11-25-15(17,19-3)20-4)23-24-14(8-2)10-12-26-16(18,21-5)22-6/h13-14,17-18H,7-12,25-26H2,1-6H3. The first-order valence-corrected chi connectivity index (χ1v) is 15.0. The van der Waals surface area contributed by atoms with Crippen LogP contribution in [0.25, 0.3) is 0 Å². The van der Waals surface area contributed by atoms with Gasteiger partial charge in [0.25, 0.3) is 0 Å². The average Bonchev–Trinajstić information content (AvgIpc) is 2.68. The molecule has 0 fully saturated rings. The predicted octanol–water partition coefficient (Wildman–Crippen LogP) is 1.67. The van der Waals surface area contributed by atoms with Gasteiger partial charge in [0.05, 0.1) is 0 Å². The quantitative estimate of drug-likeness (QED) is 0.198. The molecule has 0 aromatic carbocycles.